The van der Waals surface area contributed by atoms with Crippen LogP contribution in [0.15, 0.2) is 66.7 Å². The fourth-order valence-corrected chi connectivity index (χ4v) is 3.30. The number of rotatable bonds is 4. The Hall–Kier alpha value is -3.25. The minimum atomic E-state index is -0.528. The quantitative estimate of drug-likeness (QED) is 0.594. The lowest BCUT2D eigenvalue weighted by Crippen LogP contribution is -2.41. The van der Waals surface area contributed by atoms with E-state index in [0.29, 0.717) is 31.1 Å². The van der Waals surface area contributed by atoms with E-state index in [9.17, 15) is 9.18 Å². The second kappa shape index (κ2) is 8.41. The molecule has 1 aliphatic rings. The molecule has 0 aliphatic carbocycles. The standard InChI is InChI=1S/C22H19ClFN3O2/c23-18-12-16(6-8-19(18)24)26-22(28)27-11-10-25-20-13-17(7-9-21(20)27)29-14-15-4-2-1-3-5-15/h1-9,12-13,25H,10-11,14H2,(H,26,28). The van der Waals surface area contributed by atoms with Crippen LogP contribution in [-0.2, 0) is 6.61 Å². The molecule has 2 N–H and O–H groups in total. The molecule has 5 nitrogen and oxygen atoms in total. The highest BCUT2D eigenvalue weighted by atomic mass is 35.5. The van der Waals surface area contributed by atoms with Gasteiger partial charge in [0, 0.05) is 24.8 Å². The normalized spacial score (nSPS) is 12.7. The minimum absolute atomic E-state index is 0.0382. The number of ether oxygens (including phenoxy) is 1. The monoisotopic (exact) mass is 411 g/mol. The van der Waals surface area contributed by atoms with E-state index in [2.05, 4.69) is 10.6 Å². The van der Waals surface area contributed by atoms with Crippen molar-refractivity contribution in [1.82, 2.24) is 0 Å². The van der Waals surface area contributed by atoms with Crippen LogP contribution < -0.4 is 20.3 Å². The summed E-state index contributed by atoms with van der Waals surface area (Å²) in [5.41, 5.74) is 3.07. The van der Waals surface area contributed by atoms with E-state index in [1.165, 1.54) is 18.2 Å². The average Bonchev–Trinajstić information content (AvgIpc) is 2.75. The van der Waals surface area contributed by atoms with Gasteiger partial charge in [-0.25, -0.2) is 9.18 Å². The maximum atomic E-state index is 13.3. The summed E-state index contributed by atoms with van der Waals surface area (Å²) in [7, 11) is 0. The van der Waals surface area contributed by atoms with E-state index in [-0.39, 0.29) is 11.1 Å². The van der Waals surface area contributed by atoms with Crippen LogP contribution in [0.25, 0.3) is 0 Å². The molecular weight excluding hydrogens is 393 g/mol. The van der Waals surface area contributed by atoms with Crippen LogP contribution in [0.2, 0.25) is 5.02 Å². The third-order valence-electron chi connectivity index (χ3n) is 4.57. The predicted octanol–water partition coefficient (Wildman–Crippen LogP) is 5.52. The van der Waals surface area contributed by atoms with Crippen LogP contribution in [-0.4, -0.2) is 19.1 Å². The number of urea groups is 1. The van der Waals surface area contributed by atoms with Crippen LogP contribution in [0, 0.1) is 5.82 Å². The Bertz CT molecular complexity index is 1030. The molecule has 0 unspecified atom stereocenters. The first kappa shape index (κ1) is 19.1. The number of amides is 2. The summed E-state index contributed by atoms with van der Waals surface area (Å²) >= 11 is 5.79. The zero-order valence-corrected chi connectivity index (χ0v) is 16.2. The first-order valence-electron chi connectivity index (χ1n) is 9.18. The van der Waals surface area contributed by atoms with Crippen molar-refractivity contribution in [3.8, 4) is 5.75 Å². The summed E-state index contributed by atoms with van der Waals surface area (Å²) in [5, 5.41) is 6.01. The fourth-order valence-electron chi connectivity index (χ4n) is 3.12. The van der Waals surface area contributed by atoms with Crippen LogP contribution in [0.3, 0.4) is 0 Å². The van der Waals surface area contributed by atoms with E-state index in [4.69, 9.17) is 16.3 Å². The molecule has 3 aromatic carbocycles. The number of halogens is 2. The van der Waals surface area contributed by atoms with Crippen molar-refractivity contribution in [2.45, 2.75) is 6.61 Å². The van der Waals surface area contributed by atoms with Crippen molar-refractivity contribution in [3.63, 3.8) is 0 Å². The number of fused-ring (bicyclic) bond motifs is 1. The lowest BCUT2D eigenvalue weighted by Gasteiger charge is -2.30. The number of nitrogens with zero attached hydrogens (tertiary/aromatic N) is 1. The van der Waals surface area contributed by atoms with Crippen molar-refractivity contribution in [2.24, 2.45) is 0 Å². The predicted molar refractivity (Wildman–Crippen MR) is 113 cm³/mol. The molecule has 29 heavy (non-hydrogen) atoms. The molecule has 148 valence electrons. The van der Waals surface area contributed by atoms with Gasteiger partial charge < -0.3 is 15.4 Å². The molecule has 0 aromatic heterocycles. The van der Waals surface area contributed by atoms with E-state index in [1.54, 1.807) is 4.90 Å². The van der Waals surface area contributed by atoms with E-state index >= 15 is 0 Å². The Labute approximate surface area is 173 Å². The highest BCUT2D eigenvalue weighted by molar-refractivity contribution is 6.31. The zero-order valence-electron chi connectivity index (χ0n) is 15.5. The van der Waals surface area contributed by atoms with Gasteiger partial charge >= 0.3 is 6.03 Å². The molecule has 1 aliphatic heterocycles. The van der Waals surface area contributed by atoms with Gasteiger partial charge in [-0.1, -0.05) is 41.9 Å². The van der Waals surface area contributed by atoms with Gasteiger partial charge in [0.05, 0.1) is 16.4 Å². The Morgan fingerprint density at radius 1 is 1.14 bits per heavy atom. The molecule has 0 bridgehead atoms. The Balaban J connectivity index is 1.47. The molecule has 0 saturated heterocycles. The summed E-state index contributed by atoms with van der Waals surface area (Å²) in [4.78, 5) is 14.4. The van der Waals surface area contributed by atoms with Crippen molar-refractivity contribution in [1.29, 1.82) is 0 Å². The molecule has 0 radical (unpaired) electrons. The lowest BCUT2D eigenvalue weighted by molar-refractivity contribution is 0.257. The summed E-state index contributed by atoms with van der Waals surface area (Å²) in [6, 6.07) is 19.3. The van der Waals surface area contributed by atoms with Gasteiger partial charge in [-0.05, 0) is 35.9 Å². The smallest absolute Gasteiger partial charge is 0.326 e. The van der Waals surface area contributed by atoms with Crippen molar-refractivity contribution in [3.05, 3.63) is 83.1 Å². The lowest BCUT2D eigenvalue weighted by atomic mass is 10.2. The van der Waals surface area contributed by atoms with Crippen molar-refractivity contribution < 1.29 is 13.9 Å². The van der Waals surface area contributed by atoms with Crippen molar-refractivity contribution >= 4 is 34.7 Å². The highest BCUT2D eigenvalue weighted by Crippen LogP contribution is 2.33. The zero-order chi connectivity index (χ0) is 20.2. The van der Waals surface area contributed by atoms with Gasteiger partial charge in [-0.15, -0.1) is 0 Å². The number of carbonyl (C=O) groups excluding carboxylic acids is 1. The number of carbonyl (C=O) groups is 1. The van der Waals surface area contributed by atoms with E-state index < -0.39 is 5.82 Å². The van der Waals surface area contributed by atoms with Gasteiger partial charge in [0.25, 0.3) is 0 Å². The first-order valence-corrected chi connectivity index (χ1v) is 9.56. The molecule has 4 rings (SSSR count). The van der Waals surface area contributed by atoms with E-state index in [1.807, 2.05) is 48.5 Å². The number of hydrogen-bond donors (Lipinski definition) is 2. The average molecular weight is 412 g/mol. The maximum Gasteiger partial charge on any atom is 0.326 e. The molecule has 0 atom stereocenters. The van der Waals surface area contributed by atoms with Gasteiger partial charge in [0.15, 0.2) is 0 Å². The number of hydrogen-bond acceptors (Lipinski definition) is 3. The Morgan fingerprint density at radius 3 is 2.76 bits per heavy atom. The Morgan fingerprint density at radius 2 is 1.97 bits per heavy atom. The molecule has 0 spiro atoms. The Kier molecular flexibility index (Phi) is 5.53. The van der Waals surface area contributed by atoms with Crippen molar-refractivity contribution in [2.75, 3.05) is 28.6 Å². The van der Waals surface area contributed by atoms with Crippen LogP contribution >= 0.6 is 11.6 Å². The highest BCUT2D eigenvalue weighted by Gasteiger charge is 2.23. The summed E-state index contributed by atoms with van der Waals surface area (Å²) in [6.07, 6.45) is 0. The van der Waals surface area contributed by atoms with Gasteiger partial charge in [-0.3, -0.25) is 4.90 Å². The van der Waals surface area contributed by atoms with Gasteiger partial charge in [0.1, 0.15) is 18.2 Å². The molecule has 3 aromatic rings. The number of nitrogens with one attached hydrogen (secondary N) is 2. The number of anilines is 3. The van der Waals surface area contributed by atoms with Gasteiger partial charge in [0.2, 0.25) is 0 Å². The molecule has 0 fully saturated rings. The largest absolute Gasteiger partial charge is 0.489 e. The number of benzene rings is 3. The summed E-state index contributed by atoms with van der Waals surface area (Å²) < 4.78 is 19.2. The molecule has 0 saturated carbocycles. The van der Waals surface area contributed by atoms with Crippen LogP contribution in [0.4, 0.5) is 26.2 Å². The molecule has 2 amide bonds. The summed E-state index contributed by atoms with van der Waals surface area (Å²) in [5.74, 6) is 0.188. The second-order valence-corrected chi connectivity index (χ2v) is 7.00. The maximum absolute atomic E-state index is 13.3. The molecular formula is C22H19ClFN3O2. The van der Waals surface area contributed by atoms with Crippen LogP contribution in [0.1, 0.15) is 5.56 Å². The van der Waals surface area contributed by atoms with Crippen LogP contribution in [0.5, 0.6) is 5.75 Å². The minimum Gasteiger partial charge on any atom is -0.489 e. The summed E-state index contributed by atoms with van der Waals surface area (Å²) in [6.45, 7) is 1.57. The third-order valence-corrected chi connectivity index (χ3v) is 4.86. The fraction of sp³-hybridized carbons (Fsp3) is 0.136. The first-order chi connectivity index (χ1) is 14.1. The molecule has 1 heterocycles. The van der Waals surface area contributed by atoms with Gasteiger partial charge in [-0.2, -0.15) is 0 Å². The molecule has 7 heteroatoms. The van der Waals surface area contributed by atoms with E-state index in [0.717, 1.165) is 16.9 Å². The SMILES string of the molecule is O=C(Nc1ccc(F)c(Cl)c1)N1CCNc2cc(OCc3ccccc3)ccc21. The third kappa shape index (κ3) is 4.43. The second-order valence-electron chi connectivity index (χ2n) is 6.59. The topological polar surface area (TPSA) is 53.6 Å².